The molecule has 73 heavy (non-hydrogen) atoms. The molecule has 28 nitrogen and oxygen atoms in total. The van der Waals surface area contributed by atoms with E-state index < -0.39 is 86.5 Å². The molecule has 6 rings (SSSR count). The molecule has 2 heterocycles. The average molecular weight is 1100 g/mol. The van der Waals surface area contributed by atoms with E-state index in [4.69, 9.17) is 0 Å². The fraction of sp³-hybridized carbons (Fsp3) is 0.200. The summed E-state index contributed by atoms with van der Waals surface area (Å²) in [7, 11) is -19.3. The van der Waals surface area contributed by atoms with Gasteiger partial charge in [-0.25, -0.2) is 0 Å². The Hall–Kier alpha value is -6.08. The monoisotopic (exact) mass is 1100 g/mol. The topological polar surface area (TPSA) is 430 Å². The molecule has 0 radical (unpaired) electrons. The van der Waals surface area contributed by atoms with Crippen LogP contribution in [0.25, 0.3) is 12.2 Å². The molecule has 0 unspecified atom stereocenters. The molecule has 0 aliphatic heterocycles. The molecule has 0 aliphatic rings. The van der Waals surface area contributed by atoms with E-state index in [9.17, 15) is 72.3 Å². The first-order valence-corrected chi connectivity index (χ1v) is 26.3. The molecule has 0 aliphatic carbocycles. The van der Waals surface area contributed by atoms with Gasteiger partial charge in [0.2, 0.25) is 35.7 Å². The Bertz CT molecular complexity index is 3200. The van der Waals surface area contributed by atoms with Gasteiger partial charge in [0.15, 0.2) is 0 Å². The van der Waals surface area contributed by atoms with Gasteiger partial charge < -0.3 is 51.5 Å². The number of anilines is 10. The zero-order valence-electron chi connectivity index (χ0n) is 36.9. The van der Waals surface area contributed by atoms with E-state index in [1.807, 2.05) is 0 Å². The Balaban J connectivity index is 0.00000988. The molecule has 4 aromatic carbocycles. The molecule has 0 bridgehead atoms. The Morgan fingerprint density at radius 3 is 0.986 bits per heavy atom. The normalized spacial score (nSPS) is 12.0. The summed E-state index contributed by atoms with van der Waals surface area (Å²) in [6.45, 7) is -1.83. The number of aliphatic hydroxyl groups is 4. The van der Waals surface area contributed by atoms with Gasteiger partial charge >= 0.3 is 29.6 Å². The van der Waals surface area contributed by atoms with Gasteiger partial charge in [0.1, 0.15) is 9.79 Å². The summed E-state index contributed by atoms with van der Waals surface area (Å²) in [6.07, 6.45) is 2.25. The van der Waals surface area contributed by atoms with Gasteiger partial charge in [-0.3, -0.25) is 18.2 Å². The maximum absolute atomic E-state index is 12.8. The Kier molecular flexibility index (Phi) is 19.6. The van der Waals surface area contributed by atoms with Crippen LogP contribution in [0.4, 0.5) is 58.4 Å². The summed E-state index contributed by atoms with van der Waals surface area (Å²) in [5.41, 5.74) is -0.244. The van der Waals surface area contributed by atoms with Gasteiger partial charge in [-0.15, -0.1) is 0 Å². The number of rotatable bonds is 24. The second-order valence-electron chi connectivity index (χ2n) is 14.7. The number of hydrogen-bond donors (Lipinski definition) is 12. The molecule has 386 valence electrons. The number of nitrogens with one attached hydrogen (secondary N) is 4. The van der Waals surface area contributed by atoms with Crippen LogP contribution in [-0.4, -0.2) is 184 Å². The minimum atomic E-state index is -5.04. The molecule has 6 aromatic rings. The van der Waals surface area contributed by atoms with Crippen LogP contribution in [0, 0.1) is 0 Å². The van der Waals surface area contributed by atoms with Crippen molar-refractivity contribution in [3.8, 4) is 0 Å². The molecule has 0 fully saturated rings. The van der Waals surface area contributed by atoms with Crippen molar-refractivity contribution in [2.75, 3.05) is 83.7 Å². The molecule has 2 aromatic heterocycles. The van der Waals surface area contributed by atoms with E-state index in [0.29, 0.717) is 0 Å². The SMILES string of the molecule is O=S(=O)(O)c1cccc(Nc2nc(Nc3ccc(C=Cc4ccc(Nc5nc(Nc6cccc(S(=O)(=O)O)c6)nc(N(CCO)CCO)n5)cc4S(=O)(=O)O)c(S(=O)(=O)O)c3)nc(N(CCO)CCO)n2)c1.[NaH]. The predicted molar refractivity (Wildman–Crippen MR) is 267 cm³/mol. The van der Waals surface area contributed by atoms with Crippen LogP contribution in [0.2, 0.25) is 0 Å². The van der Waals surface area contributed by atoms with E-state index in [2.05, 4.69) is 51.2 Å². The summed E-state index contributed by atoms with van der Waals surface area (Å²) in [5, 5.41) is 49.7. The zero-order chi connectivity index (χ0) is 52.4. The van der Waals surface area contributed by atoms with Gasteiger partial charge in [-0.05, 0) is 71.8 Å². The first kappa shape index (κ1) is 57.8. The standard InChI is InChI=1S/C40H44N12O16S4.Na.H/c53-17-13-51(14-18-54)39-47-35(41-27-3-1-5-31(21-27)69(57,58)59)45-37(49-39)43-29-11-9-25(33(23-29)71(63,64)65)7-8-26-10-12-30(24-34(26)72(66,67)68)44-38-46-36(48-40(50-38)52(15-19-55)16-20-56)42-28-4-2-6-32(22-28)70(60,61)62;;/h1-12,21-24,53-56H,13-20H2,(H,57,58,59)(H,60,61,62)(H,63,64,65)(H,66,67,68)(H2,41,43,45,47,49)(H2,42,44,46,48,50);;. The van der Waals surface area contributed by atoms with E-state index in [1.54, 1.807) is 0 Å². The van der Waals surface area contributed by atoms with Gasteiger partial charge in [0.25, 0.3) is 40.5 Å². The van der Waals surface area contributed by atoms with Crippen LogP contribution in [0.15, 0.2) is 105 Å². The van der Waals surface area contributed by atoms with Crippen LogP contribution in [0.3, 0.4) is 0 Å². The quantitative estimate of drug-likeness (QED) is 0.0229. The van der Waals surface area contributed by atoms with Crippen molar-refractivity contribution in [2.24, 2.45) is 0 Å². The van der Waals surface area contributed by atoms with Crippen molar-refractivity contribution in [3.05, 3.63) is 96.1 Å². The van der Waals surface area contributed by atoms with Gasteiger partial charge in [-0.1, -0.05) is 36.4 Å². The van der Waals surface area contributed by atoms with Gasteiger partial charge in [-0.2, -0.15) is 63.6 Å². The first-order chi connectivity index (χ1) is 34.0. The van der Waals surface area contributed by atoms with Crippen LogP contribution in [0.5, 0.6) is 0 Å². The van der Waals surface area contributed by atoms with Crippen molar-refractivity contribution >= 4 is 141 Å². The van der Waals surface area contributed by atoms with Gasteiger partial charge in [0, 0.05) is 48.9 Å². The maximum atomic E-state index is 12.8. The van der Waals surface area contributed by atoms with E-state index >= 15 is 0 Å². The number of nitrogens with zero attached hydrogens (tertiary/aromatic N) is 8. The second-order valence-corrected chi connectivity index (χ2v) is 20.4. The third-order valence-electron chi connectivity index (χ3n) is 9.61. The summed E-state index contributed by atoms with van der Waals surface area (Å²) < 4.78 is 138. The van der Waals surface area contributed by atoms with Gasteiger partial charge in [0.05, 0.1) is 36.2 Å². The van der Waals surface area contributed by atoms with Crippen LogP contribution >= 0.6 is 0 Å². The fourth-order valence-corrected chi connectivity index (χ4v) is 8.93. The van der Waals surface area contributed by atoms with E-state index in [1.165, 1.54) is 58.3 Å². The summed E-state index contributed by atoms with van der Waals surface area (Å²) in [4.78, 5) is 26.1. The Morgan fingerprint density at radius 1 is 0.411 bits per heavy atom. The van der Waals surface area contributed by atoms with E-state index in [-0.39, 0.29) is 125 Å². The molecule has 33 heteroatoms. The summed E-state index contributed by atoms with van der Waals surface area (Å²) >= 11 is 0. The zero-order valence-corrected chi connectivity index (χ0v) is 40.2. The van der Waals surface area contributed by atoms with Crippen molar-refractivity contribution in [3.63, 3.8) is 0 Å². The third kappa shape index (κ3) is 16.2. The average Bonchev–Trinajstić information content (AvgIpc) is 3.30. The van der Waals surface area contributed by atoms with Crippen molar-refractivity contribution in [2.45, 2.75) is 19.6 Å². The van der Waals surface area contributed by atoms with Crippen molar-refractivity contribution in [1.82, 2.24) is 29.9 Å². The number of benzene rings is 4. The molecular weight excluding hydrogens is 1060 g/mol. The molecule has 0 atom stereocenters. The second kappa shape index (κ2) is 24.8. The molecular formula is C40H45N12NaO16S4. The number of aromatic nitrogens is 6. The molecule has 0 saturated heterocycles. The van der Waals surface area contributed by atoms with Crippen LogP contribution in [-0.2, 0) is 40.5 Å². The van der Waals surface area contributed by atoms with Crippen molar-refractivity contribution in [1.29, 1.82) is 0 Å². The Labute approximate surface area is 439 Å². The number of aliphatic hydroxyl groups excluding tert-OH is 4. The summed E-state index contributed by atoms with van der Waals surface area (Å²) in [6, 6.07) is 17.0. The molecule has 12 N–H and O–H groups in total. The molecule has 0 saturated carbocycles. The molecule has 0 spiro atoms. The van der Waals surface area contributed by atoms with Crippen LogP contribution < -0.4 is 31.1 Å². The Morgan fingerprint density at radius 2 is 0.712 bits per heavy atom. The predicted octanol–water partition coefficient (Wildman–Crippen LogP) is 1.12. The number of hydrogen-bond acceptors (Lipinski definition) is 24. The third-order valence-corrected chi connectivity index (χ3v) is 13.1. The van der Waals surface area contributed by atoms with E-state index in [0.717, 1.165) is 48.6 Å². The fourth-order valence-electron chi connectivity index (χ4n) is 6.45. The minimum absolute atomic E-state index is 0. The van der Waals surface area contributed by atoms with Crippen molar-refractivity contribution < 1.29 is 72.3 Å². The molecule has 0 amide bonds. The first-order valence-electron chi connectivity index (χ1n) is 20.6. The van der Waals surface area contributed by atoms with Crippen LogP contribution in [0.1, 0.15) is 11.1 Å². The summed E-state index contributed by atoms with van der Waals surface area (Å²) in [5.74, 6) is -1.18.